The number of methoxy groups -OCH3 is 1. The maximum Gasteiger partial charge on any atom is 0.207 e. The molecule has 0 saturated heterocycles. The Kier molecular flexibility index (Phi) is 4.58. The van der Waals surface area contributed by atoms with Crippen LogP contribution in [0.5, 0.6) is 0 Å². The van der Waals surface area contributed by atoms with Gasteiger partial charge in [-0.3, -0.25) is 0 Å². The molecule has 1 aromatic carbocycles. The highest BCUT2D eigenvalue weighted by Crippen LogP contribution is 2.18. The van der Waals surface area contributed by atoms with Gasteiger partial charge in [-0.05, 0) is 43.5 Å². The monoisotopic (exact) mass is 259 g/mol. The van der Waals surface area contributed by atoms with E-state index in [1.165, 1.54) is 11.1 Å². The number of anilines is 2. The second-order valence-corrected chi connectivity index (χ2v) is 4.79. The number of ether oxygens (including phenoxy) is 1. The van der Waals surface area contributed by atoms with Crippen molar-refractivity contribution >= 4 is 11.6 Å². The first-order chi connectivity index (χ1) is 9.19. The summed E-state index contributed by atoms with van der Waals surface area (Å²) in [5.41, 5.74) is 3.58. The van der Waals surface area contributed by atoms with Crippen molar-refractivity contribution in [2.75, 3.05) is 19.0 Å². The third-order valence-electron chi connectivity index (χ3n) is 2.94. The zero-order valence-corrected chi connectivity index (χ0v) is 11.8. The fourth-order valence-electron chi connectivity index (χ4n) is 2.17. The van der Waals surface area contributed by atoms with E-state index in [1.54, 1.807) is 7.11 Å². The van der Waals surface area contributed by atoms with E-state index in [1.807, 2.05) is 12.4 Å². The van der Waals surface area contributed by atoms with Crippen LogP contribution in [0.4, 0.5) is 11.6 Å². The minimum absolute atomic E-state index is 0.765. The van der Waals surface area contributed by atoms with Crippen LogP contribution >= 0.6 is 0 Å². The molecule has 1 N–H and O–H groups in total. The van der Waals surface area contributed by atoms with Gasteiger partial charge in [-0.25, -0.2) is 4.98 Å². The first kappa shape index (κ1) is 13.6. The molecular formula is C15H21N3O. The van der Waals surface area contributed by atoms with Gasteiger partial charge in [-0.2, -0.15) is 0 Å². The van der Waals surface area contributed by atoms with E-state index in [4.69, 9.17) is 4.74 Å². The standard InChI is InChI=1S/C15H21N3O/c1-12-9-13(2)11-14(10-12)17-15-16-5-7-18(15)6-4-8-19-3/h5,7,9-11H,4,6,8H2,1-3H3,(H,16,17). The van der Waals surface area contributed by atoms with Crippen LogP contribution in [0.1, 0.15) is 17.5 Å². The number of hydrogen-bond donors (Lipinski definition) is 1. The van der Waals surface area contributed by atoms with E-state index in [0.717, 1.165) is 31.2 Å². The van der Waals surface area contributed by atoms with Crippen molar-refractivity contribution in [1.29, 1.82) is 0 Å². The lowest BCUT2D eigenvalue weighted by Gasteiger charge is -2.11. The molecule has 0 spiro atoms. The molecule has 1 heterocycles. The van der Waals surface area contributed by atoms with Crippen LogP contribution in [0.2, 0.25) is 0 Å². The summed E-state index contributed by atoms with van der Waals surface area (Å²) < 4.78 is 7.18. The van der Waals surface area contributed by atoms with Gasteiger partial charge in [0.1, 0.15) is 0 Å². The molecule has 2 aromatic rings. The molecule has 2 rings (SSSR count). The van der Waals surface area contributed by atoms with Crippen LogP contribution in [0.25, 0.3) is 0 Å². The van der Waals surface area contributed by atoms with Crippen LogP contribution in [-0.4, -0.2) is 23.3 Å². The molecule has 0 unspecified atom stereocenters. The summed E-state index contributed by atoms with van der Waals surface area (Å²) in [6.07, 6.45) is 4.78. The van der Waals surface area contributed by atoms with Crippen LogP contribution in [0, 0.1) is 13.8 Å². The van der Waals surface area contributed by atoms with Crippen molar-refractivity contribution in [2.24, 2.45) is 0 Å². The number of aryl methyl sites for hydroxylation is 3. The van der Waals surface area contributed by atoms with E-state index in [9.17, 15) is 0 Å². The van der Waals surface area contributed by atoms with Crippen molar-refractivity contribution in [3.8, 4) is 0 Å². The molecule has 0 radical (unpaired) electrons. The van der Waals surface area contributed by atoms with Gasteiger partial charge in [-0.1, -0.05) is 6.07 Å². The van der Waals surface area contributed by atoms with Crippen LogP contribution in [-0.2, 0) is 11.3 Å². The second-order valence-electron chi connectivity index (χ2n) is 4.79. The number of aromatic nitrogens is 2. The quantitative estimate of drug-likeness (QED) is 0.809. The molecular weight excluding hydrogens is 238 g/mol. The zero-order chi connectivity index (χ0) is 13.7. The van der Waals surface area contributed by atoms with E-state index in [2.05, 4.69) is 46.9 Å². The Balaban J connectivity index is 2.08. The van der Waals surface area contributed by atoms with Crippen molar-refractivity contribution in [2.45, 2.75) is 26.8 Å². The third kappa shape index (κ3) is 3.83. The predicted octanol–water partition coefficient (Wildman–Crippen LogP) is 3.28. The highest BCUT2D eigenvalue weighted by Gasteiger charge is 2.03. The largest absolute Gasteiger partial charge is 0.385 e. The molecule has 0 aliphatic rings. The van der Waals surface area contributed by atoms with Gasteiger partial charge in [-0.15, -0.1) is 0 Å². The summed E-state index contributed by atoms with van der Waals surface area (Å²) in [5.74, 6) is 0.876. The molecule has 0 atom stereocenters. The highest BCUT2D eigenvalue weighted by atomic mass is 16.5. The second kappa shape index (κ2) is 6.38. The van der Waals surface area contributed by atoms with Gasteiger partial charge in [0.05, 0.1) is 0 Å². The van der Waals surface area contributed by atoms with Crippen molar-refractivity contribution < 1.29 is 4.74 Å². The number of rotatable bonds is 6. The Morgan fingerprint density at radius 2 is 1.95 bits per heavy atom. The predicted molar refractivity (Wildman–Crippen MR) is 77.9 cm³/mol. The molecule has 1 aromatic heterocycles. The number of imidazole rings is 1. The van der Waals surface area contributed by atoms with Crippen molar-refractivity contribution in [3.63, 3.8) is 0 Å². The fraction of sp³-hybridized carbons (Fsp3) is 0.400. The summed E-state index contributed by atoms with van der Waals surface area (Å²) >= 11 is 0. The maximum absolute atomic E-state index is 5.08. The Morgan fingerprint density at radius 1 is 1.21 bits per heavy atom. The van der Waals surface area contributed by atoms with E-state index in [-0.39, 0.29) is 0 Å². The Hall–Kier alpha value is -1.81. The van der Waals surface area contributed by atoms with Gasteiger partial charge in [0.25, 0.3) is 0 Å². The Labute approximate surface area is 114 Å². The number of nitrogens with one attached hydrogen (secondary N) is 1. The molecule has 0 aliphatic heterocycles. The normalized spacial score (nSPS) is 10.7. The third-order valence-corrected chi connectivity index (χ3v) is 2.94. The van der Waals surface area contributed by atoms with E-state index >= 15 is 0 Å². The summed E-state index contributed by atoms with van der Waals surface area (Å²) in [6, 6.07) is 6.42. The van der Waals surface area contributed by atoms with Gasteiger partial charge in [0.2, 0.25) is 5.95 Å². The average Bonchev–Trinajstić information content (AvgIpc) is 2.76. The number of benzene rings is 1. The summed E-state index contributed by atoms with van der Waals surface area (Å²) in [4.78, 5) is 4.36. The first-order valence-electron chi connectivity index (χ1n) is 6.54. The average molecular weight is 259 g/mol. The Morgan fingerprint density at radius 3 is 2.63 bits per heavy atom. The Bertz CT molecular complexity index is 514. The molecule has 0 bridgehead atoms. The molecule has 102 valence electrons. The van der Waals surface area contributed by atoms with E-state index < -0.39 is 0 Å². The highest BCUT2D eigenvalue weighted by molar-refractivity contribution is 5.56. The van der Waals surface area contributed by atoms with Crippen LogP contribution < -0.4 is 5.32 Å². The lowest BCUT2D eigenvalue weighted by molar-refractivity contribution is 0.190. The molecule has 0 amide bonds. The molecule has 19 heavy (non-hydrogen) atoms. The minimum atomic E-state index is 0.765. The summed E-state index contributed by atoms with van der Waals surface area (Å²) in [7, 11) is 1.72. The van der Waals surface area contributed by atoms with Crippen LogP contribution in [0.3, 0.4) is 0 Å². The molecule has 0 fully saturated rings. The summed E-state index contributed by atoms with van der Waals surface area (Å²) in [6.45, 7) is 5.87. The lowest BCUT2D eigenvalue weighted by Crippen LogP contribution is -2.05. The summed E-state index contributed by atoms with van der Waals surface area (Å²) in [5, 5.41) is 3.37. The first-order valence-corrected chi connectivity index (χ1v) is 6.54. The molecule has 4 heteroatoms. The smallest absolute Gasteiger partial charge is 0.207 e. The zero-order valence-electron chi connectivity index (χ0n) is 11.8. The topological polar surface area (TPSA) is 39.1 Å². The van der Waals surface area contributed by atoms with Crippen molar-refractivity contribution in [3.05, 3.63) is 41.7 Å². The van der Waals surface area contributed by atoms with E-state index in [0.29, 0.717) is 0 Å². The van der Waals surface area contributed by atoms with Gasteiger partial charge in [0.15, 0.2) is 0 Å². The SMILES string of the molecule is COCCCn1ccnc1Nc1cc(C)cc(C)c1. The van der Waals surface area contributed by atoms with Gasteiger partial charge < -0.3 is 14.6 Å². The molecule has 0 aliphatic carbocycles. The number of hydrogen-bond acceptors (Lipinski definition) is 3. The maximum atomic E-state index is 5.08. The fourth-order valence-corrected chi connectivity index (χ4v) is 2.17. The molecule has 0 saturated carbocycles. The minimum Gasteiger partial charge on any atom is -0.385 e. The number of nitrogens with zero attached hydrogens (tertiary/aromatic N) is 2. The van der Waals surface area contributed by atoms with Gasteiger partial charge >= 0.3 is 0 Å². The van der Waals surface area contributed by atoms with Gasteiger partial charge in [0, 0.05) is 38.3 Å². The van der Waals surface area contributed by atoms with Crippen molar-refractivity contribution in [1.82, 2.24) is 9.55 Å². The van der Waals surface area contributed by atoms with Crippen LogP contribution in [0.15, 0.2) is 30.6 Å². The lowest BCUT2D eigenvalue weighted by atomic mass is 10.1. The molecule has 4 nitrogen and oxygen atoms in total.